The van der Waals surface area contributed by atoms with Crippen LogP contribution in [0.4, 0.5) is 4.39 Å². The molecule has 0 saturated carbocycles. The summed E-state index contributed by atoms with van der Waals surface area (Å²) in [6, 6.07) is 4.96. The fraction of sp³-hybridized carbons (Fsp3) is 0.222. The Morgan fingerprint density at radius 2 is 2.15 bits per heavy atom. The Hall–Kier alpha value is -1.42. The molecule has 0 amide bonds. The molecule has 1 aromatic carbocycles. The molecule has 1 aromatic rings. The average molecular weight is 182 g/mol. The number of nitrogens with two attached hydrogens (primary N) is 1. The Bertz CT molecular complexity index is 314. The van der Waals surface area contributed by atoms with Crippen molar-refractivity contribution < 1.29 is 14.3 Å². The van der Waals surface area contributed by atoms with Gasteiger partial charge in [-0.3, -0.25) is 4.79 Å². The van der Waals surface area contributed by atoms with Crippen LogP contribution in [-0.4, -0.2) is 17.1 Å². The van der Waals surface area contributed by atoms with Crippen LogP contribution < -0.4 is 5.73 Å². The van der Waals surface area contributed by atoms with Crippen molar-refractivity contribution in [3.8, 4) is 0 Å². The first-order valence-electron chi connectivity index (χ1n) is 3.83. The van der Waals surface area contributed by atoms with Gasteiger partial charge in [-0.1, -0.05) is 18.2 Å². The lowest BCUT2D eigenvalue weighted by atomic mass is 10.1. The number of carboxylic acids is 1. The Morgan fingerprint density at radius 1 is 1.54 bits per heavy atom. The average Bonchev–Trinajstić information content (AvgIpc) is 2.08. The van der Waals surface area contributed by atoms with Gasteiger partial charge in [0.05, 0.1) is 0 Å². The summed E-state index contributed by atoms with van der Waals surface area (Å²) in [5, 5.41) is 8.49. The summed E-state index contributed by atoms with van der Waals surface area (Å²) in [7, 11) is 0. The van der Waals surface area contributed by atoms with E-state index in [9.17, 15) is 9.18 Å². The minimum absolute atomic E-state index is 0.0159. The van der Waals surface area contributed by atoms with Crippen LogP contribution in [0.1, 0.15) is 5.56 Å². The van der Waals surface area contributed by atoms with Gasteiger partial charge in [0.25, 0.3) is 0 Å². The van der Waals surface area contributed by atoms with E-state index < -0.39 is 17.8 Å². The minimum Gasteiger partial charge on any atom is -0.480 e. The molecule has 0 aliphatic rings. The van der Waals surface area contributed by atoms with Crippen molar-refractivity contribution in [3.63, 3.8) is 0 Å². The normalized spacial score (nSPS) is 12.5. The molecule has 3 N–H and O–H groups in total. The van der Waals surface area contributed by atoms with Gasteiger partial charge < -0.3 is 10.8 Å². The summed E-state index contributed by atoms with van der Waals surface area (Å²) in [5.41, 5.74) is 5.58. The smallest absolute Gasteiger partial charge is 0.320 e. The first-order chi connectivity index (χ1) is 6.11. The molecule has 1 atom stereocenters. The Balaban J connectivity index is 2.74. The summed E-state index contributed by atoms with van der Waals surface area (Å²) in [6.07, 6.45) is 0.0159. The molecule has 0 aliphatic heterocycles. The number of rotatable bonds is 3. The van der Waals surface area contributed by atoms with Crippen LogP contribution in [0.3, 0.4) is 0 Å². The molecule has 0 fully saturated rings. The van der Waals surface area contributed by atoms with E-state index in [1.54, 1.807) is 12.1 Å². The van der Waals surface area contributed by atoms with Crippen LogP contribution in [-0.2, 0) is 11.2 Å². The number of carboxylic acid groups (broad SMARTS) is 1. The third-order valence-electron chi connectivity index (χ3n) is 1.71. The summed E-state index contributed by atoms with van der Waals surface area (Å²) >= 11 is 0. The lowest BCUT2D eigenvalue weighted by Gasteiger charge is -2.06. The zero-order valence-corrected chi connectivity index (χ0v) is 6.90. The highest BCUT2D eigenvalue weighted by molar-refractivity contribution is 5.73. The van der Waals surface area contributed by atoms with E-state index in [1.165, 1.54) is 12.1 Å². The fourth-order valence-electron chi connectivity index (χ4n) is 0.988. The molecule has 70 valence electrons. The van der Waals surface area contributed by atoms with E-state index in [0.29, 0.717) is 5.56 Å². The van der Waals surface area contributed by atoms with Crippen LogP contribution in [0.5, 0.6) is 0 Å². The van der Waals surface area contributed by atoms with Gasteiger partial charge in [0.1, 0.15) is 11.9 Å². The zero-order chi connectivity index (χ0) is 9.84. The van der Waals surface area contributed by atoms with Crippen LogP contribution in [0.25, 0.3) is 0 Å². The number of carbonyl (C=O) groups is 1. The van der Waals surface area contributed by atoms with Crippen LogP contribution >= 0.6 is 0 Å². The van der Waals surface area contributed by atoms with Crippen LogP contribution in [0.2, 0.25) is 0 Å². The van der Waals surface area contributed by atoms with Gasteiger partial charge in [-0.2, -0.15) is 0 Å². The molecular weight excluding hydrogens is 172 g/mol. The van der Waals surface area contributed by atoms with Gasteiger partial charge in [-0.15, -0.1) is 0 Å². The van der Waals surface area contributed by atoms with Crippen molar-refractivity contribution in [2.45, 2.75) is 12.5 Å². The molecular formula is C9H10FNO2. The molecule has 0 radical (unpaired) electrons. The molecule has 0 spiro atoms. The number of aliphatic carboxylic acids is 1. The summed E-state index contributed by atoms with van der Waals surface area (Å²) in [5.74, 6) is -1.54. The molecule has 0 heterocycles. The quantitative estimate of drug-likeness (QED) is 0.726. The standard InChI is InChI=1S/C9H10FNO2/c10-7-4-2-1-3-6(7)5-8(11)9(12)13/h1-4,8H,5,11H2,(H,12,13)/i10-1. The van der Waals surface area contributed by atoms with Crippen LogP contribution in [0, 0.1) is 5.82 Å². The van der Waals surface area contributed by atoms with Gasteiger partial charge >= 0.3 is 5.97 Å². The highest BCUT2D eigenvalue weighted by atomic mass is 18.2. The summed E-state index contributed by atoms with van der Waals surface area (Å²) in [4.78, 5) is 10.4. The lowest BCUT2D eigenvalue weighted by Crippen LogP contribution is -2.32. The molecule has 4 heteroatoms. The number of hydrogen-bond acceptors (Lipinski definition) is 2. The van der Waals surface area contributed by atoms with Crippen molar-refractivity contribution >= 4 is 5.97 Å². The van der Waals surface area contributed by atoms with Gasteiger partial charge in [-0.05, 0) is 11.6 Å². The van der Waals surface area contributed by atoms with Crippen molar-refractivity contribution in [1.29, 1.82) is 0 Å². The maximum atomic E-state index is 13.0. The highest BCUT2D eigenvalue weighted by Gasteiger charge is 2.13. The second-order valence-electron chi connectivity index (χ2n) is 2.74. The van der Waals surface area contributed by atoms with Crippen LogP contribution in [0.15, 0.2) is 24.3 Å². The fourth-order valence-corrected chi connectivity index (χ4v) is 0.988. The van der Waals surface area contributed by atoms with Gasteiger partial charge in [0.15, 0.2) is 0 Å². The SMILES string of the molecule is NC(Cc1ccccc1[18F])C(=O)O. The third-order valence-corrected chi connectivity index (χ3v) is 1.71. The highest BCUT2D eigenvalue weighted by Crippen LogP contribution is 2.08. The van der Waals surface area contributed by atoms with Gasteiger partial charge in [0.2, 0.25) is 0 Å². The first kappa shape index (κ1) is 9.67. The van der Waals surface area contributed by atoms with E-state index in [-0.39, 0.29) is 6.42 Å². The van der Waals surface area contributed by atoms with Gasteiger partial charge in [0, 0.05) is 6.42 Å². The van der Waals surface area contributed by atoms with E-state index in [0.717, 1.165) is 0 Å². The summed E-state index contributed by atoms with van der Waals surface area (Å²) < 4.78 is 13.0. The third kappa shape index (κ3) is 2.52. The summed E-state index contributed by atoms with van der Waals surface area (Å²) in [6.45, 7) is 0. The first-order valence-corrected chi connectivity index (χ1v) is 3.83. The predicted octanol–water partition coefficient (Wildman–Crippen LogP) is 0.780. The molecule has 0 aliphatic carbocycles. The van der Waals surface area contributed by atoms with E-state index in [1.807, 2.05) is 0 Å². The second-order valence-corrected chi connectivity index (χ2v) is 2.74. The molecule has 0 aromatic heterocycles. The molecule has 1 unspecified atom stereocenters. The van der Waals surface area contributed by atoms with Crippen molar-refractivity contribution in [2.24, 2.45) is 5.73 Å². The second kappa shape index (κ2) is 4.00. The molecule has 13 heavy (non-hydrogen) atoms. The lowest BCUT2D eigenvalue weighted by molar-refractivity contribution is -0.138. The molecule has 1 rings (SSSR count). The number of benzene rings is 1. The minimum atomic E-state index is -1.12. The van der Waals surface area contributed by atoms with E-state index in [4.69, 9.17) is 10.8 Å². The van der Waals surface area contributed by atoms with E-state index in [2.05, 4.69) is 0 Å². The molecule has 3 nitrogen and oxygen atoms in total. The van der Waals surface area contributed by atoms with Crippen molar-refractivity contribution in [3.05, 3.63) is 35.6 Å². The largest absolute Gasteiger partial charge is 0.480 e. The topological polar surface area (TPSA) is 63.3 Å². The van der Waals surface area contributed by atoms with Crippen molar-refractivity contribution in [1.82, 2.24) is 0 Å². The predicted molar refractivity (Wildman–Crippen MR) is 45.7 cm³/mol. The Kier molecular flexibility index (Phi) is 2.97. The monoisotopic (exact) mass is 182 g/mol. The zero-order valence-electron chi connectivity index (χ0n) is 6.90. The molecule has 0 bridgehead atoms. The maximum Gasteiger partial charge on any atom is 0.320 e. The number of hydrogen-bond donors (Lipinski definition) is 2. The van der Waals surface area contributed by atoms with Gasteiger partial charge in [-0.25, -0.2) is 4.39 Å². The Labute approximate surface area is 75.0 Å². The Morgan fingerprint density at radius 3 is 2.69 bits per heavy atom. The maximum absolute atomic E-state index is 13.0. The van der Waals surface area contributed by atoms with Crippen molar-refractivity contribution in [2.75, 3.05) is 0 Å². The van der Waals surface area contributed by atoms with E-state index >= 15 is 0 Å². The molecule has 0 saturated heterocycles. The number of halogens is 1.